The van der Waals surface area contributed by atoms with Crippen LogP contribution in [-0.2, 0) is 6.42 Å². The summed E-state index contributed by atoms with van der Waals surface area (Å²) in [5.41, 5.74) is 15.4. The van der Waals surface area contributed by atoms with Gasteiger partial charge in [0.05, 0.1) is 5.69 Å². The summed E-state index contributed by atoms with van der Waals surface area (Å²) in [6.07, 6.45) is 0.901. The Hall–Kier alpha value is -3.34. The maximum absolute atomic E-state index is 6.00. The fourth-order valence-corrected chi connectivity index (χ4v) is 3.86. The van der Waals surface area contributed by atoms with Crippen LogP contribution >= 0.6 is 0 Å². The van der Waals surface area contributed by atoms with E-state index in [9.17, 15) is 0 Å². The Morgan fingerprint density at radius 1 is 1.00 bits per heavy atom. The highest BCUT2D eigenvalue weighted by Crippen LogP contribution is 2.27. The average molecular weight is 386 g/mol. The maximum Gasteiger partial charge on any atom is 0.222 e. The normalized spacial score (nSPS) is 11.2. The second-order valence-electron chi connectivity index (χ2n) is 7.70. The number of hydrogen-bond acceptors (Lipinski definition) is 4. The van der Waals surface area contributed by atoms with Gasteiger partial charge >= 0.3 is 0 Å². The Kier molecular flexibility index (Phi) is 4.97. The van der Waals surface area contributed by atoms with Gasteiger partial charge in [-0.25, -0.2) is 4.98 Å². The highest BCUT2D eigenvalue weighted by molar-refractivity contribution is 5.85. The summed E-state index contributed by atoms with van der Waals surface area (Å²) >= 11 is 0. The Morgan fingerprint density at radius 2 is 1.83 bits per heavy atom. The number of aromatic nitrogens is 3. The van der Waals surface area contributed by atoms with E-state index in [-0.39, 0.29) is 5.95 Å². The summed E-state index contributed by atoms with van der Waals surface area (Å²) in [5.74, 6) is 1.03. The predicted molar refractivity (Wildman–Crippen MR) is 121 cm³/mol. The van der Waals surface area contributed by atoms with Gasteiger partial charge in [-0.2, -0.15) is 4.98 Å². The van der Waals surface area contributed by atoms with Crippen molar-refractivity contribution < 1.29 is 0 Å². The number of nitrogens with one attached hydrogen (secondary N) is 2. The molecule has 2 aromatic carbocycles. The third kappa shape index (κ3) is 3.81. The molecular formula is C24H27N5. The molecule has 0 amide bonds. The van der Waals surface area contributed by atoms with Gasteiger partial charge in [-0.1, -0.05) is 29.8 Å². The maximum atomic E-state index is 6.00. The van der Waals surface area contributed by atoms with Gasteiger partial charge in [0.1, 0.15) is 5.82 Å². The average Bonchev–Trinajstić information content (AvgIpc) is 2.98. The minimum Gasteiger partial charge on any atom is -0.370 e. The lowest BCUT2D eigenvalue weighted by Gasteiger charge is -2.11. The quantitative estimate of drug-likeness (QED) is 0.447. The first-order valence-electron chi connectivity index (χ1n) is 9.95. The fourth-order valence-electron chi connectivity index (χ4n) is 3.86. The first kappa shape index (κ1) is 19.0. The molecule has 4 rings (SSSR count). The van der Waals surface area contributed by atoms with Gasteiger partial charge in [-0.3, -0.25) is 0 Å². The highest BCUT2D eigenvalue weighted by atomic mass is 15.1. The van der Waals surface area contributed by atoms with Gasteiger partial charge in [0, 0.05) is 34.8 Å². The standard InChI is InChI=1S/C24H27N5/c1-14-8-9-21-20(12-14)19(17(4)27-21)10-11-26-23-13-22(28-24(25)29-23)18-7-5-6-15(2)16(18)3/h5-9,12-13,27H,10-11H2,1-4H3,(H3,25,26,28,29). The summed E-state index contributed by atoms with van der Waals surface area (Å²) in [6, 6.07) is 14.7. The third-order valence-electron chi connectivity index (χ3n) is 5.58. The van der Waals surface area contributed by atoms with Crippen molar-refractivity contribution in [2.45, 2.75) is 34.1 Å². The van der Waals surface area contributed by atoms with Crippen molar-refractivity contribution in [3.05, 3.63) is 70.4 Å². The van der Waals surface area contributed by atoms with E-state index in [2.05, 4.69) is 78.3 Å². The molecule has 2 heterocycles. The van der Waals surface area contributed by atoms with Gasteiger partial charge in [0.25, 0.3) is 0 Å². The van der Waals surface area contributed by atoms with E-state index in [0.29, 0.717) is 0 Å². The molecule has 0 unspecified atom stereocenters. The van der Waals surface area contributed by atoms with Crippen LogP contribution in [0.5, 0.6) is 0 Å². The van der Waals surface area contributed by atoms with E-state index < -0.39 is 0 Å². The molecule has 29 heavy (non-hydrogen) atoms. The van der Waals surface area contributed by atoms with E-state index in [1.165, 1.54) is 38.9 Å². The van der Waals surface area contributed by atoms with Crippen molar-refractivity contribution in [3.63, 3.8) is 0 Å². The first-order chi connectivity index (χ1) is 13.9. The Morgan fingerprint density at radius 3 is 2.66 bits per heavy atom. The number of benzene rings is 2. The second-order valence-corrected chi connectivity index (χ2v) is 7.70. The number of hydrogen-bond donors (Lipinski definition) is 3. The molecule has 0 aliphatic heterocycles. The lowest BCUT2D eigenvalue weighted by Crippen LogP contribution is -2.09. The fraction of sp³-hybridized carbons (Fsp3) is 0.250. The number of rotatable bonds is 5. The van der Waals surface area contributed by atoms with Crippen LogP contribution in [-0.4, -0.2) is 21.5 Å². The van der Waals surface area contributed by atoms with E-state index >= 15 is 0 Å². The molecule has 0 bridgehead atoms. The van der Waals surface area contributed by atoms with Gasteiger partial charge in [0.15, 0.2) is 0 Å². The summed E-state index contributed by atoms with van der Waals surface area (Å²) in [4.78, 5) is 12.3. The number of nitrogens with two attached hydrogens (primary N) is 1. The number of nitrogens with zero attached hydrogens (tertiary/aromatic N) is 2. The van der Waals surface area contributed by atoms with Crippen molar-refractivity contribution >= 4 is 22.7 Å². The Balaban J connectivity index is 1.55. The van der Waals surface area contributed by atoms with Crippen LogP contribution in [0.1, 0.15) is 27.9 Å². The van der Waals surface area contributed by atoms with Crippen molar-refractivity contribution in [2.75, 3.05) is 17.6 Å². The molecule has 4 N–H and O–H groups in total. The van der Waals surface area contributed by atoms with Crippen molar-refractivity contribution in [3.8, 4) is 11.3 Å². The number of H-pyrrole nitrogens is 1. The molecule has 0 saturated heterocycles. The van der Waals surface area contributed by atoms with Crippen molar-refractivity contribution in [2.24, 2.45) is 0 Å². The molecule has 0 saturated carbocycles. The zero-order valence-corrected chi connectivity index (χ0v) is 17.4. The van der Waals surface area contributed by atoms with Gasteiger partial charge in [0.2, 0.25) is 5.95 Å². The minimum atomic E-state index is 0.282. The summed E-state index contributed by atoms with van der Waals surface area (Å²) < 4.78 is 0. The summed E-state index contributed by atoms with van der Waals surface area (Å²) in [6.45, 7) is 9.24. The lowest BCUT2D eigenvalue weighted by atomic mass is 10.0. The Bertz CT molecular complexity index is 1190. The number of nitrogen functional groups attached to an aromatic ring is 1. The topological polar surface area (TPSA) is 79.6 Å². The molecule has 0 fully saturated rings. The molecule has 0 radical (unpaired) electrons. The van der Waals surface area contributed by atoms with Crippen molar-refractivity contribution in [1.82, 2.24) is 15.0 Å². The van der Waals surface area contributed by atoms with E-state index in [1.54, 1.807) is 0 Å². The molecular weight excluding hydrogens is 358 g/mol. The molecule has 0 atom stereocenters. The molecule has 0 spiro atoms. The predicted octanol–water partition coefficient (Wildman–Crippen LogP) is 5.10. The van der Waals surface area contributed by atoms with E-state index in [4.69, 9.17) is 5.73 Å². The van der Waals surface area contributed by atoms with E-state index in [0.717, 1.165) is 30.0 Å². The highest BCUT2D eigenvalue weighted by Gasteiger charge is 2.11. The zero-order chi connectivity index (χ0) is 20.5. The number of aromatic amines is 1. The molecule has 0 aliphatic rings. The zero-order valence-electron chi connectivity index (χ0n) is 17.4. The minimum absolute atomic E-state index is 0.282. The lowest BCUT2D eigenvalue weighted by molar-refractivity contribution is 0.994. The third-order valence-corrected chi connectivity index (χ3v) is 5.58. The van der Waals surface area contributed by atoms with Crippen molar-refractivity contribution in [1.29, 1.82) is 0 Å². The van der Waals surface area contributed by atoms with Gasteiger partial charge in [-0.05, 0) is 62.9 Å². The molecule has 148 valence electrons. The van der Waals surface area contributed by atoms with E-state index in [1.807, 2.05) is 12.1 Å². The smallest absolute Gasteiger partial charge is 0.222 e. The Labute approximate surface area is 171 Å². The van der Waals surface area contributed by atoms with Crippen LogP contribution in [0.25, 0.3) is 22.2 Å². The summed E-state index contributed by atoms with van der Waals surface area (Å²) in [5, 5.41) is 4.72. The number of fused-ring (bicyclic) bond motifs is 1. The number of anilines is 2. The molecule has 5 nitrogen and oxygen atoms in total. The van der Waals surface area contributed by atoms with Crippen LogP contribution in [0, 0.1) is 27.7 Å². The largest absolute Gasteiger partial charge is 0.370 e. The van der Waals surface area contributed by atoms with Crippen LogP contribution in [0.15, 0.2) is 42.5 Å². The van der Waals surface area contributed by atoms with Crippen LogP contribution < -0.4 is 11.1 Å². The van der Waals surface area contributed by atoms with Crippen LogP contribution in [0.3, 0.4) is 0 Å². The molecule has 2 aromatic heterocycles. The monoisotopic (exact) mass is 385 g/mol. The van der Waals surface area contributed by atoms with Crippen LogP contribution in [0.2, 0.25) is 0 Å². The number of aryl methyl sites for hydroxylation is 3. The van der Waals surface area contributed by atoms with Gasteiger partial charge < -0.3 is 16.0 Å². The SMILES string of the molecule is Cc1ccc2[nH]c(C)c(CCNc3cc(-c4cccc(C)c4C)nc(N)n3)c2c1. The summed E-state index contributed by atoms with van der Waals surface area (Å²) in [7, 11) is 0. The van der Waals surface area contributed by atoms with Crippen LogP contribution in [0.4, 0.5) is 11.8 Å². The molecule has 4 aromatic rings. The second kappa shape index (κ2) is 7.59. The first-order valence-corrected chi connectivity index (χ1v) is 9.95. The van der Waals surface area contributed by atoms with Gasteiger partial charge in [-0.15, -0.1) is 0 Å². The molecule has 0 aliphatic carbocycles. The molecule has 5 heteroatoms.